The molecule has 0 radical (unpaired) electrons. The van der Waals surface area contributed by atoms with E-state index in [2.05, 4.69) is 12.1 Å². The molecule has 0 aliphatic rings. The maximum absolute atomic E-state index is 11.2. The van der Waals surface area contributed by atoms with Crippen molar-refractivity contribution in [1.82, 2.24) is 0 Å². The van der Waals surface area contributed by atoms with Crippen LogP contribution < -0.4 is 0 Å². The van der Waals surface area contributed by atoms with Crippen LogP contribution in [0, 0.1) is 0 Å². The predicted molar refractivity (Wildman–Crippen MR) is 62.5 cm³/mol. The summed E-state index contributed by atoms with van der Waals surface area (Å²) in [7, 11) is 0. The zero-order valence-corrected chi connectivity index (χ0v) is 9.35. The summed E-state index contributed by atoms with van der Waals surface area (Å²) in [5, 5.41) is 0.323. The molecule has 0 N–H and O–H groups in total. The van der Waals surface area contributed by atoms with E-state index in [4.69, 9.17) is 0 Å². The third kappa shape index (κ3) is 4.47. The summed E-state index contributed by atoms with van der Waals surface area (Å²) >= 11 is 1.46. The highest BCUT2D eigenvalue weighted by Gasteiger charge is 2.00. The number of carbonyl (C=O) groups excluding carboxylic acids is 1. The number of hydrogen-bond acceptors (Lipinski definition) is 2. The van der Waals surface area contributed by atoms with Gasteiger partial charge < -0.3 is 0 Å². The number of thioether (sulfide) groups is 1. The Morgan fingerprint density at radius 1 is 1.29 bits per heavy atom. The first-order valence-corrected chi connectivity index (χ1v) is 6.01. The molecular weight excluding hydrogens is 192 g/mol. The number of benzene rings is 1. The Morgan fingerprint density at radius 2 is 2.00 bits per heavy atom. The van der Waals surface area contributed by atoms with Crippen LogP contribution in [0.25, 0.3) is 0 Å². The molecule has 1 aromatic carbocycles. The largest absolute Gasteiger partial charge is 0.287 e. The Bertz CT molecular complexity index is 269. The van der Waals surface area contributed by atoms with Crippen LogP contribution in [0.15, 0.2) is 30.3 Å². The van der Waals surface area contributed by atoms with Gasteiger partial charge in [0.15, 0.2) is 5.12 Å². The molecule has 2 heteroatoms. The second-order valence-corrected chi connectivity index (χ2v) is 4.36. The van der Waals surface area contributed by atoms with Crippen molar-refractivity contribution < 1.29 is 4.79 Å². The van der Waals surface area contributed by atoms with Gasteiger partial charge in [0.25, 0.3) is 0 Å². The molecule has 0 bridgehead atoms. The lowest BCUT2D eigenvalue weighted by Crippen LogP contribution is -1.95. The molecule has 0 unspecified atom stereocenters. The van der Waals surface area contributed by atoms with E-state index >= 15 is 0 Å². The molecule has 76 valence electrons. The van der Waals surface area contributed by atoms with Crippen molar-refractivity contribution in [2.45, 2.75) is 26.2 Å². The van der Waals surface area contributed by atoms with Crippen molar-refractivity contribution >= 4 is 16.9 Å². The second kappa shape index (κ2) is 6.66. The molecule has 0 aliphatic carbocycles. The molecule has 1 rings (SSSR count). The van der Waals surface area contributed by atoms with Crippen molar-refractivity contribution in [3.63, 3.8) is 0 Å². The van der Waals surface area contributed by atoms with Gasteiger partial charge in [0, 0.05) is 12.2 Å². The maximum Gasteiger partial charge on any atom is 0.188 e. The lowest BCUT2D eigenvalue weighted by atomic mass is 10.2. The van der Waals surface area contributed by atoms with Gasteiger partial charge in [-0.15, -0.1) is 0 Å². The first kappa shape index (κ1) is 11.3. The van der Waals surface area contributed by atoms with Crippen molar-refractivity contribution in [3.8, 4) is 0 Å². The number of carbonyl (C=O) groups is 1. The zero-order valence-electron chi connectivity index (χ0n) is 8.53. The fourth-order valence-electron chi connectivity index (χ4n) is 1.20. The third-order valence-corrected chi connectivity index (χ3v) is 2.89. The van der Waals surface area contributed by atoms with E-state index in [-0.39, 0.29) is 0 Å². The van der Waals surface area contributed by atoms with Crippen molar-refractivity contribution in [2.24, 2.45) is 0 Å². The van der Waals surface area contributed by atoms with Gasteiger partial charge in [-0.25, -0.2) is 0 Å². The van der Waals surface area contributed by atoms with E-state index in [1.807, 2.05) is 25.1 Å². The van der Waals surface area contributed by atoms with Crippen LogP contribution in [0.2, 0.25) is 0 Å². The number of rotatable bonds is 5. The molecule has 0 atom stereocenters. The lowest BCUT2D eigenvalue weighted by molar-refractivity contribution is -0.111. The molecule has 0 spiro atoms. The van der Waals surface area contributed by atoms with Crippen molar-refractivity contribution in [2.75, 3.05) is 5.75 Å². The van der Waals surface area contributed by atoms with Gasteiger partial charge in [-0.05, 0) is 18.4 Å². The zero-order chi connectivity index (χ0) is 10.2. The topological polar surface area (TPSA) is 17.1 Å². The van der Waals surface area contributed by atoms with Crippen LogP contribution in [0.1, 0.15) is 25.3 Å². The van der Waals surface area contributed by atoms with Crippen LogP contribution in [-0.2, 0) is 11.2 Å². The molecule has 0 aromatic heterocycles. The Kier molecular flexibility index (Phi) is 5.38. The van der Waals surface area contributed by atoms with Crippen molar-refractivity contribution in [1.29, 1.82) is 0 Å². The second-order valence-electron chi connectivity index (χ2n) is 3.21. The van der Waals surface area contributed by atoms with E-state index in [0.717, 1.165) is 18.6 Å². The Balaban J connectivity index is 2.19. The van der Waals surface area contributed by atoms with Crippen LogP contribution in [-0.4, -0.2) is 10.9 Å². The summed E-state index contributed by atoms with van der Waals surface area (Å²) < 4.78 is 0. The summed E-state index contributed by atoms with van der Waals surface area (Å²) in [4.78, 5) is 11.2. The van der Waals surface area contributed by atoms with Gasteiger partial charge in [-0.2, -0.15) is 0 Å². The van der Waals surface area contributed by atoms with E-state index in [1.54, 1.807) is 0 Å². The van der Waals surface area contributed by atoms with Gasteiger partial charge in [0.05, 0.1) is 0 Å². The average Bonchev–Trinajstić information content (AvgIpc) is 2.20. The Labute approximate surface area is 89.9 Å². The predicted octanol–water partition coefficient (Wildman–Crippen LogP) is 3.29. The fraction of sp³-hybridized carbons (Fsp3) is 0.417. The van der Waals surface area contributed by atoms with Crippen LogP contribution >= 0.6 is 11.8 Å². The smallest absolute Gasteiger partial charge is 0.188 e. The van der Waals surface area contributed by atoms with Gasteiger partial charge in [-0.1, -0.05) is 49.0 Å². The Morgan fingerprint density at radius 3 is 2.64 bits per heavy atom. The summed E-state index contributed by atoms with van der Waals surface area (Å²) in [6, 6.07) is 10.3. The molecule has 0 fully saturated rings. The highest BCUT2D eigenvalue weighted by atomic mass is 32.2. The van der Waals surface area contributed by atoms with Crippen LogP contribution in [0.3, 0.4) is 0 Å². The first-order chi connectivity index (χ1) is 6.83. The molecule has 0 aliphatic heterocycles. The van der Waals surface area contributed by atoms with Crippen LogP contribution in [0.5, 0.6) is 0 Å². The minimum Gasteiger partial charge on any atom is -0.287 e. The standard InChI is InChI=1S/C12H16OS/c1-2-6-12(13)14-10-9-11-7-4-3-5-8-11/h3-5,7-8H,2,6,9-10H2,1H3. The minimum absolute atomic E-state index is 0.323. The Hall–Kier alpha value is -0.760. The molecular formula is C12H16OS. The quantitative estimate of drug-likeness (QED) is 0.738. The molecule has 0 heterocycles. The summed E-state index contributed by atoms with van der Waals surface area (Å²) in [5.74, 6) is 0.906. The van der Waals surface area contributed by atoms with E-state index in [0.29, 0.717) is 11.5 Å². The SMILES string of the molecule is CCCC(=O)SCCc1ccccc1. The highest BCUT2D eigenvalue weighted by Crippen LogP contribution is 2.10. The van der Waals surface area contributed by atoms with E-state index in [1.165, 1.54) is 17.3 Å². The fourth-order valence-corrected chi connectivity index (χ4v) is 2.12. The average molecular weight is 208 g/mol. The van der Waals surface area contributed by atoms with Gasteiger partial charge in [0.1, 0.15) is 0 Å². The molecule has 0 saturated heterocycles. The molecule has 0 saturated carbocycles. The normalized spacial score (nSPS) is 10.1. The van der Waals surface area contributed by atoms with E-state index < -0.39 is 0 Å². The number of aryl methyl sites for hydroxylation is 1. The first-order valence-electron chi connectivity index (χ1n) is 5.02. The van der Waals surface area contributed by atoms with Gasteiger partial charge >= 0.3 is 0 Å². The highest BCUT2D eigenvalue weighted by molar-refractivity contribution is 8.13. The molecule has 1 aromatic rings. The van der Waals surface area contributed by atoms with Gasteiger partial charge in [-0.3, -0.25) is 4.79 Å². The lowest BCUT2D eigenvalue weighted by Gasteiger charge is -2.00. The summed E-state index contributed by atoms with van der Waals surface area (Å²) in [6.07, 6.45) is 2.65. The maximum atomic E-state index is 11.2. The number of hydrogen-bond donors (Lipinski definition) is 0. The third-order valence-electron chi connectivity index (χ3n) is 1.95. The van der Waals surface area contributed by atoms with Crippen LogP contribution in [0.4, 0.5) is 0 Å². The molecule has 1 nitrogen and oxygen atoms in total. The summed E-state index contributed by atoms with van der Waals surface area (Å²) in [5.41, 5.74) is 1.31. The van der Waals surface area contributed by atoms with Crippen molar-refractivity contribution in [3.05, 3.63) is 35.9 Å². The molecule has 0 amide bonds. The summed E-state index contributed by atoms with van der Waals surface area (Å²) in [6.45, 7) is 2.04. The van der Waals surface area contributed by atoms with Gasteiger partial charge in [0.2, 0.25) is 0 Å². The minimum atomic E-state index is 0.323. The van der Waals surface area contributed by atoms with E-state index in [9.17, 15) is 4.79 Å². The monoisotopic (exact) mass is 208 g/mol. The molecule has 14 heavy (non-hydrogen) atoms.